The highest BCUT2D eigenvalue weighted by Crippen LogP contribution is 2.25. The fraction of sp³-hybridized carbons (Fsp3) is 0.0667. The molecule has 21 heavy (non-hydrogen) atoms. The second-order valence-electron chi connectivity index (χ2n) is 4.60. The summed E-state index contributed by atoms with van der Waals surface area (Å²) >= 11 is 0. The molecule has 4 nitrogen and oxygen atoms in total. The third-order valence-corrected chi connectivity index (χ3v) is 3.18. The van der Waals surface area contributed by atoms with Gasteiger partial charge in [0.25, 0.3) is 0 Å². The number of halogens is 2. The maximum Gasteiger partial charge on any atom is 0.337 e. The number of rotatable bonds is 2. The third kappa shape index (κ3) is 2.14. The van der Waals surface area contributed by atoms with Crippen LogP contribution in [-0.2, 0) is 0 Å². The lowest BCUT2D eigenvalue weighted by molar-refractivity contribution is 0.0698. The Morgan fingerprint density at radius 3 is 2.48 bits per heavy atom. The van der Waals surface area contributed by atoms with Crippen molar-refractivity contribution in [2.75, 3.05) is 0 Å². The van der Waals surface area contributed by atoms with Crippen LogP contribution in [0.1, 0.15) is 16.2 Å². The maximum absolute atomic E-state index is 13.4. The number of imidazole rings is 1. The van der Waals surface area contributed by atoms with Gasteiger partial charge in [-0.2, -0.15) is 0 Å². The van der Waals surface area contributed by atoms with Crippen LogP contribution >= 0.6 is 0 Å². The van der Waals surface area contributed by atoms with Gasteiger partial charge in [0.1, 0.15) is 17.5 Å². The van der Waals surface area contributed by atoms with Crippen LogP contribution in [0.5, 0.6) is 0 Å². The lowest BCUT2D eigenvalue weighted by atomic mass is 10.1. The molecule has 0 unspecified atom stereocenters. The van der Waals surface area contributed by atoms with Crippen LogP contribution < -0.4 is 0 Å². The Labute approximate surface area is 118 Å². The molecule has 0 amide bonds. The number of carboxylic acids is 1. The normalized spacial score (nSPS) is 11.0. The first-order valence-electron chi connectivity index (χ1n) is 6.15. The van der Waals surface area contributed by atoms with E-state index in [4.69, 9.17) is 0 Å². The van der Waals surface area contributed by atoms with Crippen molar-refractivity contribution in [2.45, 2.75) is 6.92 Å². The first kappa shape index (κ1) is 13.2. The van der Waals surface area contributed by atoms with Gasteiger partial charge in [0.2, 0.25) is 0 Å². The van der Waals surface area contributed by atoms with Crippen molar-refractivity contribution in [3.63, 3.8) is 0 Å². The zero-order valence-corrected chi connectivity index (χ0v) is 11.0. The minimum absolute atomic E-state index is 0.0257. The average molecular weight is 288 g/mol. The summed E-state index contributed by atoms with van der Waals surface area (Å²) in [4.78, 5) is 15.6. The lowest BCUT2D eigenvalue weighted by Gasteiger charge is -2.09. The number of nitrogens with zero attached hydrogens (tertiary/aromatic N) is 2. The number of hydrogen-bond donors (Lipinski definition) is 1. The molecule has 0 radical (unpaired) electrons. The second kappa shape index (κ2) is 4.66. The van der Waals surface area contributed by atoms with Crippen molar-refractivity contribution in [3.05, 3.63) is 59.4 Å². The SMILES string of the molecule is Cc1nc2cccc(C(=O)O)c2n1-c1cc(F)cc(F)c1. The predicted octanol–water partition coefficient (Wildman–Crippen LogP) is 3.31. The number of aromatic carboxylic acids is 1. The van der Waals surface area contributed by atoms with Gasteiger partial charge in [-0.25, -0.2) is 18.6 Å². The molecule has 2 aromatic carbocycles. The van der Waals surface area contributed by atoms with E-state index in [2.05, 4.69) is 4.98 Å². The van der Waals surface area contributed by atoms with E-state index < -0.39 is 17.6 Å². The van der Waals surface area contributed by atoms with Gasteiger partial charge >= 0.3 is 5.97 Å². The van der Waals surface area contributed by atoms with Crippen LogP contribution in [0.25, 0.3) is 16.7 Å². The molecule has 0 bridgehead atoms. The van der Waals surface area contributed by atoms with Crippen LogP contribution in [-0.4, -0.2) is 20.6 Å². The van der Waals surface area contributed by atoms with E-state index in [0.29, 0.717) is 16.9 Å². The lowest BCUT2D eigenvalue weighted by Crippen LogP contribution is -2.04. The van der Waals surface area contributed by atoms with Crippen molar-refractivity contribution < 1.29 is 18.7 Å². The molecule has 0 saturated carbocycles. The van der Waals surface area contributed by atoms with Crippen LogP contribution in [0, 0.1) is 18.6 Å². The smallest absolute Gasteiger partial charge is 0.337 e. The van der Waals surface area contributed by atoms with E-state index in [9.17, 15) is 18.7 Å². The Morgan fingerprint density at radius 2 is 1.86 bits per heavy atom. The highest BCUT2D eigenvalue weighted by Gasteiger charge is 2.17. The molecule has 1 heterocycles. The number of para-hydroxylation sites is 1. The summed E-state index contributed by atoms with van der Waals surface area (Å²) in [7, 11) is 0. The summed E-state index contributed by atoms with van der Waals surface area (Å²) in [5.74, 6) is -2.15. The second-order valence-corrected chi connectivity index (χ2v) is 4.60. The van der Waals surface area contributed by atoms with E-state index in [-0.39, 0.29) is 11.3 Å². The fourth-order valence-corrected chi connectivity index (χ4v) is 2.40. The van der Waals surface area contributed by atoms with Crippen molar-refractivity contribution in [3.8, 4) is 5.69 Å². The predicted molar refractivity (Wildman–Crippen MR) is 72.7 cm³/mol. The van der Waals surface area contributed by atoms with E-state index in [1.807, 2.05) is 0 Å². The van der Waals surface area contributed by atoms with Crippen LogP contribution in [0.15, 0.2) is 36.4 Å². The molecular weight excluding hydrogens is 278 g/mol. The standard InChI is InChI=1S/C15H10F2N2O2/c1-8-18-13-4-2-3-12(15(20)21)14(13)19(8)11-6-9(16)5-10(17)7-11/h2-7H,1H3,(H,20,21). The highest BCUT2D eigenvalue weighted by molar-refractivity contribution is 6.01. The van der Waals surface area contributed by atoms with Gasteiger partial charge in [-0.3, -0.25) is 4.57 Å². The molecule has 1 aromatic heterocycles. The fourth-order valence-electron chi connectivity index (χ4n) is 2.40. The average Bonchev–Trinajstić information content (AvgIpc) is 2.72. The minimum atomic E-state index is -1.13. The number of carbonyl (C=O) groups is 1. The van der Waals surface area contributed by atoms with Crippen molar-refractivity contribution in [1.82, 2.24) is 9.55 Å². The van der Waals surface area contributed by atoms with Crippen molar-refractivity contribution in [2.24, 2.45) is 0 Å². The van der Waals surface area contributed by atoms with E-state index in [1.165, 1.54) is 10.6 Å². The Hall–Kier alpha value is -2.76. The number of fused-ring (bicyclic) bond motifs is 1. The Morgan fingerprint density at radius 1 is 1.19 bits per heavy atom. The zero-order valence-electron chi connectivity index (χ0n) is 11.0. The maximum atomic E-state index is 13.4. The summed E-state index contributed by atoms with van der Waals surface area (Å²) in [6.45, 7) is 1.65. The Balaban J connectivity index is 2.41. The summed E-state index contributed by atoms with van der Waals surface area (Å²) in [6.07, 6.45) is 0. The summed E-state index contributed by atoms with van der Waals surface area (Å²) in [6, 6.07) is 7.69. The number of aromatic nitrogens is 2. The first-order valence-corrected chi connectivity index (χ1v) is 6.15. The number of aryl methyl sites for hydroxylation is 1. The van der Waals surface area contributed by atoms with E-state index >= 15 is 0 Å². The van der Waals surface area contributed by atoms with Crippen LogP contribution in [0.4, 0.5) is 8.78 Å². The highest BCUT2D eigenvalue weighted by atomic mass is 19.1. The molecule has 0 saturated heterocycles. The summed E-state index contributed by atoms with van der Waals surface area (Å²) in [5.41, 5.74) is 0.989. The van der Waals surface area contributed by atoms with Crippen molar-refractivity contribution in [1.29, 1.82) is 0 Å². The van der Waals surface area contributed by atoms with E-state index in [1.54, 1.807) is 19.1 Å². The molecule has 0 aliphatic heterocycles. The molecule has 3 rings (SSSR count). The molecule has 0 aliphatic carbocycles. The number of hydrogen-bond acceptors (Lipinski definition) is 2. The molecule has 106 valence electrons. The van der Waals surface area contributed by atoms with Crippen molar-refractivity contribution >= 4 is 17.0 Å². The molecule has 1 N–H and O–H groups in total. The summed E-state index contributed by atoms with van der Waals surface area (Å²) in [5, 5.41) is 9.28. The van der Waals surface area contributed by atoms with Gasteiger partial charge in [0.15, 0.2) is 0 Å². The molecule has 0 atom stereocenters. The summed E-state index contributed by atoms with van der Waals surface area (Å²) < 4.78 is 28.3. The largest absolute Gasteiger partial charge is 0.478 e. The van der Waals surface area contributed by atoms with Gasteiger partial charge in [-0.15, -0.1) is 0 Å². The molecule has 0 fully saturated rings. The molecule has 0 spiro atoms. The third-order valence-electron chi connectivity index (χ3n) is 3.18. The molecule has 0 aliphatic rings. The van der Waals surface area contributed by atoms with Gasteiger partial charge in [0.05, 0.1) is 22.3 Å². The van der Waals surface area contributed by atoms with Crippen LogP contribution in [0.3, 0.4) is 0 Å². The zero-order chi connectivity index (χ0) is 15.1. The monoisotopic (exact) mass is 288 g/mol. The molecule has 6 heteroatoms. The molecular formula is C15H10F2N2O2. The Kier molecular flexibility index (Phi) is 2.94. The van der Waals surface area contributed by atoms with Crippen LogP contribution in [0.2, 0.25) is 0 Å². The van der Waals surface area contributed by atoms with Gasteiger partial charge in [-0.1, -0.05) is 6.07 Å². The molecule has 3 aromatic rings. The van der Waals surface area contributed by atoms with Gasteiger partial charge < -0.3 is 5.11 Å². The van der Waals surface area contributed by atoms with Gasteiger partial charge in [-0.05, 0) is 31.2 Å². The number of benzene rings is 2. The van der Waals surface area contributed by atoms with E-state index in [0.717, 1.165) is 18.2 Å². The quantitative estimate of drug-likeness (QED) is 0.787. The van der Waals surface area contributed by atoms with Gasteiger partial charge in [0, 0.05) is 6.07 Å². The minimum Gasteiger partial charge on any atom is -0.478 e. The Bertz CT molecular complexity index is 851. The topological polar surface area (TPSA) is 55.1 Å². The number of carboxylic acid groups (broad SMARTS) is 1. The first-order chi connectivity index (χ1) is 9.97.